The molecule has 2 heterocycles. The number of anilines is 1. The number of fused-ring (bicyclic) bond motifs is 1. The number of benzene rings is 1. The second kappa shape index (κ2) is 8.27. The molecule has 23 heavy (non-hydrogen) atoms. The Labute approximate surface area is 144 Å². The molecule has 0 bridgehead atoms. The molecule has 0 radical (unpaired) electrons. The lowest BCUT2D eigenvalue weighted by Gasteiger charge is -2.23. The maximum absolute atomic E-state index is 5.55. The monoisotopic (exact) mass is 335 g/mol. The fourth-order valence-corrected chi connectivity index (χ4v) is 4.54. The quantitative estimate of drug-likeness (QED) is 0.737. The highest BCUT2D eigenvalue weighted by Gasteiger charge is 2.39. The van der Waals surface area contributed by atoms with Crippen LogP contribution in [0.25, 0.3) is 0 Å². The van der Waals surface area contributed by atoms with Gasteiger partial charge in [0.1, 0.15) is 5.75 Å². The van der Waals surface area contributed by atoms with Gasteiger partial charge in [0.15, 0.2) is 0 Å². The van der Waals surface area contributed by atoms with E-state index in [1.807, 2.05) is 18.7 Å². The molecule has 3 rings (SSSR count). The topological polar surface area (TPSA) is 41.7 Å². The largest absolute Gasteiger partial charge is 0.494 e. The number of likely N-dealkylation sites (tertiary alicyclic amines) is 1. The van der Waals surface area contributed by atoms with Crippen molar-refractivity contribution < 1.29 is 4.74 Å². The molecular weight excluding hydrogens is 306 g/mol. The van der Waals surface area contributed by atoms with E-state index in [1.54, 1.807) is 0 Å². The predicted octanol–water partition coefficient (Wildman–Crippen LogP) is 2.15. The third-order valence-electron chi connectivity index (χ3n) is 4.89. The number of hydrogen-bond acceptors (Lipinski definition) is 5. The lowest BCUT2D eigenvalue weighted by molar-refractivity contribution is 0.336. The second-order valence-corrected chi connectivity index (χ2v) is 7.74. The Morgan fingerprint density at radius 1 is 1.09 bits per heavy atom. The highest BCUT2D eigenvalue weighted by molar-refractivity contribution is 7.99. The first-order chi connectivity index (χ1) is 11.3. The first-order valence-electron chi connectivity index (χ1n) is 8.78. The van der Waals surface area contributed by atoms with Gasteiger partial charge in [-0.2, -0.15) is 11.8 Å². The molecule has 5 heteroatoms. The molecule has 0 amide bonds. The van der Waals surface area contributed by atoms with Gasteiger partial charge in [-0.3, -0.25) is 0 Å². The zero-order chi connectivity index (χ0) is 16.1. The number of ether oxygens (including phenoxy) is 1. The minimum atomic E-state index is 0.729. The van der Waals surface area contributed by atoms with Crippen LogP contribution in [0.1, 0.15) is 6.92 Å². The third kappa shape index (κ3) is 4.34. The molecule has 2 aliphatic rings. The van der Waals surface area contributed by atoms with E-state index in [2.05, 4.69) is 34.1 Å². The van der Waals surface area contributed by atoms with Crippen molar-refractivity contribution in [2.75, 3.05) is 62.3 Å². The summed E-state index contributed by atoms with van der Waals surface area (Å²) in [7, 11) is 0. The van der Waals surface area contributed by atoms with E-state index in [4.69, 9.17) is 10.5 Å². The molecule has 4 nitrogen and oxygen atoms in total. The van der Waals surface area contributed by atoms with Crippen LogP contribution in [0.2, 0.25) is 0 Å². The van der Waals surface area contributed by atoms with Crippen LogP contribution in [-0.2, 0) is 0 Å². The summed E-state index contributed by atoms with van der Waals surface area (Å²) in [5, 5.41) is 0. The van der Waals surface area contributed by atoms with E-state index in [0.717, 1.165) is 36.5 Å². The third-order valence-corrected chi connectivity index (χ3v) is 5.88. The van der Waals surface area contributed by atoms with Crippen molar-refractivity contribution in [2.45, 2.75) is 6.92 Å². The van der Waals surface area contributed by atoms with Crippen molar-refractivity contribution in [1.82, 2.24) is 4.90 Å². The van der Waals surface area contributed by atoms with Crippen LogP contribution < -0.4 is 15.4 Å². The minimum absolute atomic E-state index is 0.729. The molecule has 2 N–H and O–H groups in total. The number of hydrogen-bond donors (Lipinski definition) is 1. The normalized spacial score (nSPS) is 24.2. The Bertz CT molecular complexity index is 468. The van der Waals surface area contributed by atoms with E-state index >= 15 is 0 Å². The van der Waals surface area contributed by atoms with Gasteiger partial charge < -0.3 is 20.3 Å². The summed E-state index contributed by atoms with van der Waals surface area (Å²) in [6.07, 6.45) is 0. The van der Waals surface area contributed by atoms with Crippen molar-refractivity contribution in [3.05, 3.63) is 24.3 Å². The molecule has 2 unspecified atom stereocenters. The van der Waals surface area contributed by atoms with Gasteiger partial charge >= 0.3 is 0 Å². The maximum Gasteiger partial charge on any atom is 0.119 e. The van der Waals surface area contributed by atoms with Gasteiger partial charge in [-0.05, 0) is 43.0 Å². The van der Waals surface area contributed by atoms with E-state index in [0.29, 0.717) is 0 Å². The van der Waals surface area contributed by atoms with E-state index in [1.165, 1.54) is 44.2 Å². The number of nitrogens with zero attached hydrogens (tertiary/aromatic N) is 2. The molecule has 1 aromatic rings. The number of rotatable bonds is 8. The van der Waals surface area contributed by atoms with Crippen LogP contribution in [0.3, 0.4) is 0 Å². The smallest absolute Gasteiger partial charge is 0.119 e. The molecule has 1 aromatic carbocycles. The Balaban J connectivity index is 1.46. The van der Waals surface area contributed by atoms with Gasteiger partial charge in [-0.1, -0.05) is 0 Å². The Morgan fingerprint density at radius 3 is 2.39 bits per heavy atom. The van der Waals surface area contributed by atoms with Crippen LogP contribution in [0.4, 0.5) is 5.69 Å². The number of thioether (sulfide) groups is 1. The molecule has 128 valence electrons. The molecule has 0 aliphatic carbocycles. The number of nitrogens with two attached hydrogens (primary N) is 1. The molecule has 0 saturated carbocycles. The zero-order valence-corrected chi connectivity index (χ0v) is 14.9. The standard InChI is InChI=1S/C18H29N3OS/c1-2-22-18-5-3-17(4-6-18)21-13-15-11-20(12-16(15)14-21)8-10-23-9-7-19/h3-6,15-16H,2,7-14,19H2,1H3. The summed E-state index contributed by atoms with van der Waals surface area (Å²) in [5.74, 6) is 4.95. The van der Waals surface area contributed by atoms with Gasteiger partial charge in [0, 0.05) is 56.5 Å². The molecule has 2 atom stereocenters. The lowest BCUT2D eigenvalue weighted by atomic mass is 10.0. The molecule has 2 fully saturated rings. The van der Waals surface area contributed by atoms with Gasteiger partial charge in [-0.15, -0.1) is 0 Å². The van der Waals surface area contributed by atoms with Gasteiger partial charge in [-0.25, -0.2) is 0 Å². The Morgan fingerprint density at radius 2 is 1.78 bits per heavy atom. The zero-order valence-electron chi connectivity index (χ0n) is 14.1. The first kappa shape index (κ1) is 16.9. The molecule has 2 saturated heterocycles. The van der Waals surface area contributed by atoms with Crippen LogP contribution in [0.15, 0.2) is 24.3 Å². The highest BCUT2D eigenvalue weighted by atomic mass is 32.2. The van der Waals surface area contributed by atoms with Crippen LogP contribution >= 0.6 is 11.8 Å². The summed E-state index contributed by atoms with van der Waals surface area (Å²) >= 11 is 1.98. The fraction of sp³-hybridized carbons (Fsp3) is 0.667. The fourth-order valence-electron chi connectivity index (χ4n) is 3.78. The second-order valence-electron chi connectivity index (χ2n) is 6.51. The maximum atomic E-state index is 5.55. The van der Waals surface area contributed by atoms with Crippen molar-refractivity contribution in [2.24, 2.45) is 17.6 Å². The summed E-state index contributed by atoms with van der Waals surface area (Å²) < 4.78 is 5.53. The van der Waals surface area contributed by atoms with Crippen molar-refractivity contribution in [3.8, 4) is 5.75 Å². The minimum Gasteiger partial charge on any atom is -0.494 e. The molecule has 2 aliphatic heterocycles. The predicted molar refractivity (Wildman–Crippen MR) is 99.6 cm³/mol. The molecule has 0 spiro atoms. The summed E-state index contributed by atoms with van der Waals surface area (Å²) in [6.45, 7) is 9.70. The lowest BCUT2D eigenvalue weighted by Crippen LogP contribution is -2.30. The molecule has 0 aromatic heterocycles. The summed E-state index contributed by atoms with van der Waals surface area (Å²) in [5.41, 5.74) is 6.89. The first-order valence-corrected chi connectivity index (χ1v) is 9.93. The van der Waals surface area contributed by atoms with Crippen LogP contribution in [0.5, 0.6) is 5.75 Å². The highest BCUT2D eigenvalue weighted by Crippen LogP contribution is 2.34. The van der Waals surface area contributed by atoms with Gasteiger partial charge in [0.05, 0.1) is 6.61 Å². The average molecular weight is 336 g/mol. The van der Waals surface area contributed by atoms with Crippen molar-refractivity contribution >= 4 is 17.4 Å². The summed E-state index contributed by atoms with van der Waals surface area (Å²) in [6, 6.07) is 8.59. The van der Waals surface area contributed by atoms with E-state index < -0.39 is 0 Å². The summed E-state index contributed by atoms with van der Waals surface area (Å²) in [4.78, 5) is 5.19. The Kier molecular flexibility index (Phi) is 6.08. The van der Waals surface area contributed by atoms with Gasteiger partial charge in [0.25, 0.3) is 0 Å². The van der Waals surface area contributed by atoms with Crippen molar-refractivity contribution in [3.63, 3.8) is 0 Å². The van der Waals surface area contributed by atoms with Gasteiger partial charge in [0.2, 0.25) is 0 Å². The average Bonchev–Trinajstić information content (AvgIpc) is 3.11. The molecular formula is C18H29N3OS. The van der Waals surface area contributed by atoms with Crippen LogP contribution in [0, 0.1) is 11.8 Å². The van der Waals surface area contributed by atoms with E-state index in [-0.39, 0.29) is 0 Å². The SMILES string of the molecule is CCOc1ccc(N2CC3CN(CCSCCN)CC3C2)cc1. The Hall–Kier alpha value is -0.910. The van der Waals surface area contributed by atoms with Crippen LogP contribution in [-0.4, -0.2) is 62.3 Å². The van der Waals surface area contributed by atoms with Crippen molar-refractivity contribution in [1.29, 1.82) is 0 Å². The van der Waals surface area contributed by atoms with E-state index in [9.17, 15) is 0 Å².